The van der Waals surface area contributed by atoms with Crippen molar-refractivity contribution in [2.24, 2.45) is 11.3 Å². The van der Waals surface area contributed by atoms with E-state index in [2.05, 4.69) is 27.7 Å². The van der Waals surface area contributed by atoms with Gasteiger partial charge in [-0.25, -0.2) is 0 Å². The minimum Gasteiger partial charge on any atom is -0.550 e. The Morgan fingerprint density at radius 2 is 0.674 bits per heavy atom. The minimum atomic E-state index is -0.818. The van der Waals surface area contributed by atoms with Crippen LogP contribution in [0.2, 0.25) is 0 Å². The van der Waals surface area contributed by atoms with E-state index < -0.39 is 5.97 Å². The summed E-state index contributed by atoms with van der Waals surface area (Å²) in [6, 6.07) is 0. The second-order valence-corrected chi connectivity index (χ2v) is 14.7. The van der Waals surface area contributed by atoms with Crippen molar-refractivity contribution in [3.8, 4) is 0 Å². The Morgan fingerprint density at radius 1 is 0.442 bits per heavy atom. The number of carboxylic acids is 1. The molecule has 0 saturated heterocycles. The van der Waals surface area contributed by atoms with Gasteiger partial charge in [0.05, 0.1) is 0 Å². The molecule has 0 aliphatic carbocycles. The molecule has 1 atom stereocenters. The first-order valence-corrected chi connectivity index (χ1v) is 19.7. The van der Waals surface area contributed by atoms with Crippen molar-refractivity contribution in [3.63, 3.8) is 0 Å². The van der Waals surface area contributed by atoms with Gasteiger partial charge in [0.2, 0.25) is 0 Å². The molecular weight excluding hydrogens is 526 g/mol. The Bertz CT molecular complexity index is 547. The molecular formula is C40H83NO2. The van der Waals surface area contributed by atoms with Gasteiger partial charge in [0, 0.05) is 11.9 Å². The Hall–Kier alpha value is -0.570. The number of quaternary nitrogens is 1. The Labute approximate surface area is 272 Å². The highest BCUT2D eigenvalue weighted by atomic mass is 16.4. The van der Waals surface area contributed by atoms with Gasteiger partial charge in [-0.15, -0.1) is 0 Å². The molecule has 0 aromatic carbocycles. The van der Waals surface area contributed by atoms with Crippen LogP contribution in [-0.2, 0) is 4.79 Å². The summed E-state index contributed by atoms with van der Waals surface area (Å²) in [6.07, 6.45) is 44.1. The molecule has 0 spiro atoms. The fourth-order valence-corrected chi connectivity index (χ4v) is 6.85. The van der Waals surface area contributed by atoms with E-state index >= 15 is 0 Å². The molecule has 43 heavy (non-hydrogen) atoms. The summed E-state index contributed by atoms with van der Waals surface area (Å²) in [7, 11) is 0. The van der Waals surface area contributed by atoms with Crippen LogP contribution >= 0.6 is 0 Å². The van der Waals surface area contributed by atoms with Crippen LogP contribution in [0.4, 0.5) is 0 Å². The van der Waals surface area contributed by atoms with Gasteiger partial charge in [-0.05, 0) is 18.3 Å². The number of carboxylic acid groups (broad SMARTS) is 1. The minimum absolute atomic E-state index is 0. The van der Waals surface area contributed by atoms with Gasteiger partial charge < -0.3 is 16.1 Å². The van der Waals surface area contributed by atoms with Gasteiger partial charge in [-0.3, -0.25) is 0 Å². The summed E-state index contributed by atoms with van der Waals surface area (Å²) in [4.78, 5) is 12.0. The molecule has 1 unspecified atom stereocenters. The zero-order valence-electron chi connectivity index (χ0n) is 30.7. The van der Waals surface area contributed by atoms with Gasteiger partial charge in [-0.2, -0.15) is 0 Å². The lowest BCUT2D eigenvalue weighted by atomic mass is 9.72. The van der Waals surface area contributed by atoms with E-state index in [9.17, 15) is 9.90 Å². The molecule has 0 aromatic rings. The van der Waals surface area contributed by atoms with Crippen LogP contribution in [0.3, 0.4) is 0 Å². The number of carbonyl (C=O) groups excluding carboxylic acids is 1. The summed E-state index contributed by atoms with van der Waals surface area (Å²) in [5.74, 6) is -1.11. The maximum absolute atomic E-state index is 12.0. The van der Waals surface area contributed by atoms with Crippen molar-refractivity contribution < 1.29 is 9.90 Å². The molecule has 0 radical (unpaired) electrons. The van der Waals surface area contributed by atoms with Crippen molar-refractivity contribution in [2.45, 2.75) is 240 Å². The zero-order valence-corrected chi connectivity index (χ0v) is 30.7. The summed E-state index contributed by atoms with van der Waals surface area (Å²) in [5.41, 5.74) is -0.148. The molecule has 0 amide bonds. The van der Waals surface area contributed by atoms with Crippen molar-refractivity contribution in [1.82, 2.24) is 6.15 Å². The highest BCUT2D eigenvalue weighted by Gasteiger charge is 2.29. The van der Waals surface area contributed by atoms with Crippen LogP contribution < -0.4 is 11.3 Å². The van der Waals surface area contributed by atoms with E-state index in [1.165, 1.54) is 186 Å². The van der Waals surface area contributed by atoms with Crippen LogP contribution in [0.1, 0.15) is 240 Å². The lowest BCUT2D eigenvalue weighted by Crippen LogP contribution is -2.40. The number of carbonyl (C=O) groups is 1. The van der Waals surface area contributed by atoms with Gasteiger partial charge in [-0.1, -0.05) is 227 Å². The third kappa shape index (κ3) is 31.2. The van der Waals surface area contributed by atoms with E-state index in [0.29, 0.717) is 0 Å². The maximum atomic E-state index is 12.0. The summed E-state index contributed by atoms with van der Waals surface area (Å²) in [6.45, 7) is 8.92. The topological polar surface area (TPSA) is 76.6 Å². The lowest BCUT2D eigenvalue weighted by molar-refractivity contribution is -0.315. The summed E-state index contributed by atoms with van der Waals surface area (Å²) < 4.78 is 0. The quantitative estimate of drug-likeness (QED) is 0.0725. The average Bonchev–Trinajstić information content (AvgIpc) is 2.96. The van der Waals surface area contributed by atoms with E-state index in [-0.39, 0.29) is 17.5 Å². The number of hydrogen-bond donors (Lipinski definition) is 1. The second-order valence-electron chi connectivity index (χ2n) is 14.7. The average molecular weight is 610 g/mol. The first kappa shape index (κ1) is 44.6. The highest BCUT2D eigenvalue weighted by molar-refractivity contribution is 5.68. The maximum Gasteiger partial charge on any atom is 0.0450 e. The number of unbranched alkanes of at least 4 members (excludes halogenated alkanes) is 29. The Balaban J connectivity index is 0. The molecule has 0 heterocycles. The Morgan fingerprint density at radius 3 is 0.930 bits per heavy atom. The van der Waals surface area contributed by atoms with Gasteiger partial charge in [0.25, 0.3) is 0 Å². The fourth-order valence-electron chi connectivity index (χ4n) is 6.85. The van der Waals surface area contributed by atoms with Crippen molar-refractivity contribution in [2.75, 3.05) is 0 Å². The summed E-state index contributed by atoms with van der Waals surface area (Å²) in [5, 5.41) is 12.0. The van der Waals surface area contributed by atoms with Gasteiger partial charge in [0.1, 0.15) is 0 Å². The first-order chi connectivity index (χ1) is 20.5. The molecule has 0 rings (SSSR count). The van der Waals surface area contributed by atoms with Gasteiger partial charge >= 0.3 is 0 Å². The van der Waals surface area contributed by atoms with Crippen molar-refractivity contribution >= 4 is 5.97 Å². The normalized spacial score (nSPS) is 12.4. The molecule has 0 aliphatic heterocycles. The molecule has 4 N–H and O–H groups in total. The molecule has 3 heteroatoms. The molecule has 0 bridgehead atoms. The van der Waals surface area contributed by atoms with Crippen molar-refractivity contribution in [3.05, 3.63) is 0 Å². The monoisotopic (exact) mass is 610 g/mol. The standard InChI is InChI=1S/C40H80O2.H3N/c1-5-7-9-11-13-15-17-19-21-22-24-26-28-30-32-34-36-38(39(41)42)40(3,4)37-35-33-31-29-27-25-23-20-18-16-14-12-10-8-6-2;/h38H,5-37H2,1-4H3,(H,41,42);1H3. The summed E-state index contributed by atoms with van der Waals surface area (Å²) >= 11 is 0. The number of rotatable bonds is 35. The van der Waals surface area contributed by atoms with E-state index in [4.69, 9.17) is 0 Å². The Kier molecular flexibility index (Phi) is 35.5. The van der Waals surface area contributed by atoms with Crippen LogP contribution in [0.25, 0.3) is 0 Å². The van der Waals surface area contributed by atoms with E-state index in [0.717, 1.165) is 25.7 Å². The van der Waals surface area contributed by atoms with Crippen molar-refractivity contribution in [1.29, 1.82) is 0 Å². The third-order valence-electron chi connectivity index (χ3n) is 10.00. The second kappa shape index (κ2) is 34.3. The SMILES string of the molecule is CCCCCCCCCCCCCCCCCCC(C(=O)[O-])C(C)(C)CCCCCCCCCCCCCCCCC.[NH4+]. The molecule has 0 aromatic heterocycles. The number of hydrogen-bond acceptors (Lipinski definition) is 2. The molecule has 260 valence electrons. The molecule has 0 fully saturated rings. The smallest absolute Gasteiger partial charge is 0.0450 e. The predicted octanol–water partition coefficient (Wildman–Crippen LogP) is 13.7. The van der Waals surface area contributed by atoms with Crippen LogP contribution in [-0.4, -0.2) is 5.97 Å². The lowest BCUT2D eigenvalue weighted by Gasteiger charge is -2.35. The third-order valence-corrected chi connectivity index (χ3v) is 10.00. The van der Waals surface area contributed by atoms with E-state index in [1.807, 2.05) is 0 Å². The largest absolute Gasteiger partial charge is 0.550 e. The zero-order chi connectivity index (χ0) is 31.0. The first-order valence-electron chi connectivity index (χ1n) is 19.7. The molecule has 0 aliphatic rings. The highest BCUT2D eigenvalue weighted by Crippen LogP contribution is 2.36. The predicted molar refractivity (Wildman–Crippen MR) is 192 cm³/mol. The number of aliphatic carboxylic acids is 1. The van der Waals surface area contributed by atoms with Crippen LogP contribution in [0.15, 0.2) is 0 Å². The fraction of sp³-hybridized carbons (Fsp3) is 0.975. The van der Waals surface area contributed by atoms with E-state index in [1.54, 1.807) is 0 Å². The van der Waals surface area contributed by atoms with Crippen LogP contribution in [0.5, 0.6) is 0 Å². The van der Waals surface area contributed by atoms with Crippen LogP contribution in [0, 0.1) is 11.3 Å². The van der Waals surface area contributed by atoms with Gasteiger partial charge in [0.15, 0.2) is 0 Å². The molecule has 0 saturated carbocycles. The molecule has 3 nitrogen and oxygen atoms in total.